The molecule has 1 amide bonds. The molecule has 1 aliphatic heterocycles. The number of aromatic nitrogens is 1. The second kappa shape index (κ2) is 6.02. The van der Waals surface area contributed by atoms with Crippen LogP contribution in [0.15, 0.2) is 12.3 Å². The highest BCUT2D eigenvalue weighted by molar-refractivity contribution is 5.81. The fraction of sp³-hybridized carbons (Fsp3) is 0.571. The predicted octanol–water partition coefficient (Wildman–Crippen LogP) is 0.778. The van der Waals surface area contributed by atoms with Crippen molar-refractivity contribution >= 4 is 11.7 Å². The van der Waals surface area contributed by atoms with Crippen molar-refractivity contribution in [2.75, 3.05) is 38.6 Å². The number of rotatable bonds is 3. The molecule has 0 aliphatic carbocycles. The van der Waals surface area contributed by atoms with Gasteiger partial charge in [0.15, 0.2) is 0 Å². The van der Waals surface area contributed by atoms with Crippen molar-refractivity contribution in [3.63, 3.8) is 0 Å². The molecule has 19 heavy (non-hydrogen) atoms. The summed E-state index contributed by atoms with van der Waals surface area (Å²) in [7, 11) is 3.79. The Bertz CT molecular complexity index is 461. The maximum Gasteiger partial charge on any atom is 0.241 e. The average Bonchev–Trinajstić information content (AvgIpc) is 2.53. The monoisotopic (exact) mass is 262 g/mol. The second-order valence-corrected chi connectivity index (χ2v) is 5.10. The molecule has 0 bridgehead atoms. The average molecular weight is 262 g/mol. The Labute approximate surface area is 114 Å². The number of aryl methyl sites for hydroxylation is 1. The van der Waals surface area contributed by atoms with Crippen LogP contribution in [0, 0.1) is 6.92 Å². The Morgan fingerprint density at radius 1 is 1.42 bits per heavy atom. The SMILES string of the molecule is CNCc1cnc(N2CCCN(C)C(=O)C2)c(C)c1. The van der Waals surface area contributed by atoms with Crippen LogP contribution < -0.4 is 10.2 Å². The molecule has 1 aliphatic rings. The molecule has 1 aromatic rings. The minimum Gasteiger partial charge on any atom is -0.347 e. The lowest BCUT2D eigenvalue weighted by Gasteiger charge is -2.22. The molecule has 0 atom stereocenters. The van der Waals surface area contributed by atoms with Crippen molar-refractivity contribution in [2.45, 2.75) is 19.9 Å². The van der Waals surface area contributed by atoms with Gasteiger partial charge in [-0.2, -0.15) is 0 Å². The summed E-state index contributed by atoms with van der Waals surface area (Å²) in [4.78, 5) is 20.3. The van der Waals surface area contributed by atoms with Crippen molar-refractivity contribution in [3.8, 4) is 0 Å². The first kappa shape index (κ1) is 13.8. The van der Waals surface area contributed by atoms with E-state index in [0.717, 1.165) is 37.4 Å². The van der Waals surface area contributed by atoms with Crippen LogP contribution in [0.5, 0.6) is 0 Å². The molecule has 1 fully saturated rings. The molecule has 1 saturated heterocycles. The number of carbonyl (C=O) groups is 1. The smallest absolute Gasteiger partial charge is 0.241 e. The van der Waals surface area contributed by atoms with E-state index in [0.29, 0.717) is 6.54 Å². The molecule has 0 spiro atoms. The number of hydrogen-bond donors (Lipinski definition) is 1. The van der Waals surface area contributed by atoms with E-state index >= 15 is 0 Å². The molecule has 2 heterocycles. The maximum atomic E-state index is 11.9. The van der Waals surface area contributed by atoms with Gasteiger partial charge in [-0.25, -0.2) is 4.98 Å². The van der Waals surface area contributed by atoms with Gasteiger partial charge in [0.25, 0.3) is 0 Å². The predicted molar refractivity (Wildman–Crippen MR) is 76.2 cm³/mol. The first-order valence-electron chi connectivity index (χ1n) is 6.71. The Hall–Kier alpha value is -1.62. The van der Waals surface area contributed by atoms with Gasteiger partial charge in [0.1, 0.15) is 5.82 Å². The molecular formula is C14H22N4O. The van der Waals surface area contributed by atoms with Crippen molar-refractivity contribution in [1.29, 1.82) is 0 Å². The lowest BCUT2D eigenvalue weighted by Crippen LogP contribution is -2.35. The summed E-state index contributed by atoms with van der Waals surface area (Å²) in [6.07, 6.45) is 2.87. The summed E-state index contributed by atoms with van der Waals surface area (Å²) in [6, 6.07) is 2.14. The van der Waals surface area contributed by atoms with Gasteiger partial charge in [-0.15, -0.1) is 0 Å². The highest BCUT2D eigenvalue weighted by atomic mass is 16.2. The topological polar surface area (TPSA) is 48.5 Å². The molecule has 0 radical (unpaired) electrons. The Balaban J connectivity index is 2.19. The van der Waals surface area contributed by atoms with Crippen LogP contribution >= 0.6 is 0 Å². The van der Waals surface area contributed by atoms with Crippen LogP contribution in [0.1, 0.15) is 17.5 Å². The van der Waals surface area contributed by atoms with Crippen LogP contribution in [0.3, 0.4) is 0 Å². The molecule has 0 aromatic carbocycles. The fourth-order valence-corrected chi connectivity index (χ4v) is 2.42. The minimum absolute atomic E-state index is 0.165. The van der Waals surface area contributed by atoms with Gasteiger partial charge in [-0.1, -0.05) is 0 Å². The zero-order valence-electron chi connectivity index (χ0n) is 11.9. The number of nitrogens with one attached hydrogen (secondary N) is 1. The third-order valence-electron chi connectivity index (χ3n) is 3.46. The quantitative estimate of drug-likeness (QED) is 0.874. The normalized spacial score (nSPS) is 16.7. The molecule has 0 unspecified atom stereocenters. The van der Waals surface area contributed by atoms with Crippen molar-refractivity contribution < 1.29 is 4.79 Å². The zero-order chi connectivity index (χ0) is 13.8. The number of hydrogen-bond acceptors (Lipinski definition) is 4. The van der Waals surface area contributed by atoms with Crippen molar-refractivity contribution in [1.82, 2.24) is 15.2 Å². The lowest BCUT2D eigenvalue weighted by molar-refractivity contribution is -0.127. The molecular weight excluding hydrogens is 240 g/mol. The van der Waals surface area contributed by atoms with Crippen LogP contribution in [0.2, 0.25) is 0 Å². The summed E-state index contributed by atoms with van der Waals surface area (Å²) < 4.78 is 0. The molecule has 5 nitrogen and oxygen atoms in total. The molecule has 1 N–H and O–H groups in total. The van der Waals surface area contributed by atoms with E-state index in [4.69, 9.17) is 0 Å². The summed E-state index contributed by atoms with van der Waals surface area (Å²) in [5.74, 6) is 1.10. The van der Waals surface area contributed by atoms with Gasteiger partial charge in [0.05, 0.1) is 6.54 Å². The van der Waals surface area contributed by atoms with Crippen molar-refractivity contribution in [3.05, 3.63) is 23.4 Å². The largest absolute Gasteiger partial charge is 0.347 e. The minimum atomic E-state index is 0.165. The van der Waals surface area contributed by atoms with E-state index in [-0.39, 0.29) is 5.91 Å². The number of carbonyl (C=O) groups excluding carboxylic acids is 1. The number of anilines is 1. The van der Waals surface area contributed by atoms with Crippen molar-refractivity contribution in [2.24, 2.45) is 0 Å². The Kier molecular flexibility index (Phi) is 4.37. The number of pyridine rings is 1. The first-order chi connectivity index (χ1) is 9.11. The van der Waals surface area contributed by atoms with E-state index in [2.05, 4.69) is 28.2 Å². The summed E-state index contributed by atoms with van der Waals surface area (Å²) in [5.41, 5.74) is 2.30. The summed E-state index contributed by atoms with van der Waals surface area (Å²) in [5, 5.41) is 3.12. The molecule has 2 rings (SSSR count). The lowest BCUT2D eigenvalue weighted by atomic mass is 10.2. The molecule has 1 aromatic heterocycles. The Morgan fingerprint density at radius 3 is 2.89 bits per heavy atom. The van der Waals surface area contributed by atoms with Crippen LogP contribution in [-0.2, 0) is 11.3 Å². The van der Waals surface area contributed by atoms with E-state index in [1.807, 2.05) is 20.3 Å². The van der Waals surface area contributed by atoms with Crippen LogP contribution in [-0.4, -0.2) is 49.5 Å². The highest BCUT2D eigenvalue weighted by Crippen LogP contribution is 2.19. The highest BCUT2D eigenvalue weighted by Gasteiger charge is 2.21. The van der Waals surface area contributed by atoms with Crippen LogP contribution in [0.4, 0.5) is 5.82 Å². The van der Waals surface area contributed by atoms with E-state index in [1.54, 1.807) is 4.90 Å². The third kappa shape index (κ3) is 3.23. The number of nitrogens with zero attached hydrogens (tertiary/aromatic N) is 3. The molecule has 5 heteroatoms. The standard InChI is InChI=1S/C14H22N4O/c1-11-7-12(8-15-2)9-16-14(11)18-6-4-5-17(3)13(19)10-18/h7,9,15H,4-6,8,10H2,1-3H3. The van der Waals surface area contributed by atoms with E-state index in [1.165, 1.54) is 5.56 Å². The number of likely N-dealkylation sites (N-methyl/N-ethyl adjacent to an activating group) is 1. The van der Waals surface area contributed by atoms with E-state index in [9.17, 15) is 4.79 Å². The molecule has 104 valence electrons. The zero-order valence-corrected chi connectivity index (χ0v) is 11.9. The number of amides is 1. The van der Waals surface area contributed by atoms with Gasteiger partial charge in [0.2, 0.25) is 5.91 Å². The first-order valence-corrected chi connectivity index (χ1v) is 6.71. The van der Waals surface area contributed by atoms with E-state index < -0.39 is 0 Å². The maximum absolute atomic E-state index is 11.9. The Morgan fingerprint density at radius 2 is 2.21 bits per heavy atom. The second-order valence-electron chi connectivity index (χ2n) is 5.10. The fourth-order valence-electron chi connectivity index (χ4n) is 2.42. The van der Waals surface area contributed by atoms with Gasteiger partial charge in [-0.05, 0) is 37.6 Å². The van der Waals surface area contributed by atoms with Gasteiger partial charge in [-0.3, -0.25) is 4.79 Å². The summed E-state index contributed by atoms with van der Waals surface area (Å²) >= 11 is 0. The van der Waals surface area contributed by atoms with Crippen LogP contribution in [0.25, 0.3) is 0 Å². The van der Waals surface area contributed by atoms with Gasteiger partial charge >= 0.3 is 0 Å². The molecule has 0 saturated carbocycles. The summed E-state index contributed by atoms with van der Waals surface area (Å²) in [6.45, 7) is 5.01. The van der Waals surface area contributed by atoms with Gasteiger partial charge in [0, 0.05) is 32.9 Å². The third-order valence-corrected chi connectivity index (χ3v) is 3.46. The van der Waals surface area contributed by atoms with Gasteiger partial charge < -0.3 is 15.1 Å².